The molecule has 2 amide bonds. The van der Waals surface area contributed by atoms with Crippen LogP contribution in [0, 0.1) is 0 Å². The Kier molecular flexibility index (Phi) is 5.35. The summed E-state index contributed by atoms with van der Waals surface area (Å²) in [4.78, 5) is 21.3. The van der Waals surface area contributed by atoms with Crippen LogP contribution in [0.4, 0.5) is 10.5 Å². The SMILES string of the molecule is CCCCc1noc(-c2ccccc2N(C(N)=O)C2C[C@H]3CC[C@@H](C2)N3C)n1. The molecule has 1 unspecified atom stereocenters. The summed E-state index contributed by atoms with van der Waals surface area (Å²) in [5.41, 5.74) is 7.40. The van der Waals surface area contributed by atoms with E-state index in [2.05, 4.69) is 29.0 Å². The lowest BCUT2D eigenvalue weighted by atomic mass is 9.95. The first-order valence-electron chi connectivity index (χ1n) is 10.3. The number of anilines is 1. The number of benzene rings is 1. The van der Waals surface area contributed by atoms with Gasteiger partial charge >= 0.3 is 6.03 Å². The number of nitrogens with zero attached hydrogens (tertiary/aromatic N) is 4. The lowest BCUT2D eigenvalue weighted by Crippen LogP contribution is -2.52. The highest BCUT2D eigenvalue weighted by molar-refractivity contribution is 5.95. The number of unbranched alkanes of at least 4 members (excludes halogenated alkanes) is 1. The van der Waals surface area contributed by atoms with E-state index in [0.717, 1.165) is 43.4 Å². The Morgan fingerprint density at radius 3 is 2.68 bits per heavy atom. The van der Waals surface area contributed by atoms with Crippen LogP contribution in [0.25, 0.3) is 11.5 Å². The molecule has 28 heavy (non-hydrogen) atoms. The standard InChI is InChI=1S/C21H29N5O2/c1-3-4-9-19-23-20(28-24-19)17-7-5-6-8-18(17)26(21(22)27)16-12-14-10-11-15(13-16)25(14)2/h5-8,14-16H,3-4,9-13H2,1-2H3,(H2,22,27)/t14-,15+,16?. The number of hydrogen-bond donors (Lipinski definition) is 1. The molecule has 0 aliphatic carbocycles. The van der Waals surface area contributed by atoms with Gasteiger partial charge in [0, 0.05) is 24.5 Å². The number of piperidine rings is 1. The average Bonchev–Trinajstić information content (AvgIpc) is 3.21. The molecule has 2 aliphatic heterocycles. The number of carbonyl (C=O) groups is 1. The zero-order chi connectivity index (χ0) is 19.7. The zero-order valence-electron chi connectivity index (χ0n) is 16.7. The number of para-hydroxylation sites is 1. The monoisotopic (exact) mass is 383 g/mol. The van der Waals surface area contributed by atoms with E-state index in [1.54, 1.807) is 4.90 Å². The van der Waals surface area contributed by atoms with Crippen LogP contribution in [0.5, 0.6) is 0 Å². The fourth-order valence-electron chi connectivity index (χ4n) is 4.75. The van der Waals surface area contributed by atoms with Gasteiger partial charge in [0.25, 0.3) is 5.89 Å². The third kappa shape index (κ3) is 3.51. The maximum absolute atomic E-state index is 12.5. The molecule has 150 valence electrons. The van der Waals surface area contributed by atoms with Gasteiger partial charge in [0.1, 0.15) is 0 Å². The van der Waals surface area contributed by atoms with Crippen molar-refractivity contribution in [2.24, 2.45) is 5.73 Å². The van der Waals surface area contributed by atoms with Crippen molar-refractivity contribution >= 4 is 11.7 Å². The van der Waals surface area contributed by atoms with E-state index in [1.165, 1.54) is 12.8 Å². The molecule has 4 rings (SSSR count). The van der Waals surface area contributed by atoms with Gasteiger partial charge in [-0.1, -0.05) is 30.6 Å². The molecule has 2 saturated heterocycles. The van der Waals surface area contributed by atoms with Gasteiger partial charge < -0.3 is 15.2 Å². The largest absolute Gasteiger partial charge is 0.351 e. The maximum atomic E-state index is 12.5. The number of aromatic nitrogens is 2. The molecule has 1 aromatic carbocycles. The summed E-state index contributed by atoms with van der Waals surface area (Å²) >= 11 is 0. The van der Waals surface area contributed by atoms with Crippen molar-refractivity contribution in [3.8, 4) is 11.5 Å². The number of aryl methyl sites for hydroxylation is 1. The molecular weight excluding hydrogens is 354 g/mol. The molecule has 3 heterocycles. The van der Waals surface area contributed by atoms with Crippen molar-refractivity contribution in [1.29, 1.82) is 0 Å². The van der Waals surface area contributed by atoms with Crippen molar-refractivity contribution in [3.05, 3.63) is 30.1 Å². The van der Waals surface area contributed by atoms with Crippen molar-refractivity contribution < 1.29 is 9.32 Å². The third-order valence-electron chi connectivity index (χ3n) is 6.29. The molecule has 7 heteroatoms. The van der Waals surface area contributed by atoms with Crippen molar-refractivity contribution in [3.63, 3.8) is 0 Å². The van der Waals surface area contributed by atoms with E-state index in [0.29, 0.717) is 23.8 Å². The Labute approximate surface area is 165 Å². The number of carbonyl (C=O) groups excluding carboxylic acids is 1. The van der Waals surface area contributed by atoms with E-state index in [-0.39, 0.29) is 6.04 Å². The first-order chi connectivity index (χ1) is 13.6. The summed E-state index contributed by atoms with van der Waals surface area (Å²) in [6.45, 7) is 2.13. The number of rotatable bonds is 6. The van der Waals surface area contributed by atoms with Gasteiger partial charge in [-0.25, -0.2) is 4.79 Å². The molecule has 1 aromatic heterocycles. The second-order valence-corrected chi connectivity index (χ2v) is 8.02. The highest BCUT2D eigenvalue weighted by Crippen LogP contribution is 2.39. The zero-order valence-corrected chi connectivity index (χ0v) is 16.7. The molecule has 0 radical (unpaired) electrons. The van der Waals surface area contributed by atoms with Crippen molar-refractivity contribution in [2.75, 3.05) is 11.9 Å². The number of urea groups is 1. The minimum Gasteiger partial charge on any atom is -0.351 e. The Balaban J connectivity index is 1.65. The Hall–Kier alpha value is -2.41. The van der Waals surface area contributed by atoms with Crippen LogP contribution in [0.1, 0.15) is 51.3 Å². The molecule has 0 saturated carbocycles. The van der Waals surface area contributed by atoms with Crippen LogP contribution >= 0.6 is 0 Å². The highest BCUT2D eigenvalue weighted by atomic mass is 16.5. The number of primary amides is 1. The van der Waals surface area contributed by atoms with Gasteiger partial charge in [0.05, 0.1) is 11.3 Å². The van der Waals surface area contributed by atoms with Gasteiger partial charge in [-0.15, -0.1) is 0 Å². The van der Waals surface area contributed by atoms with Crippen LogP contribution < -0.4 is 10.6 Å². The molecule has 2 aliphatic rings. The lowest BCUT2D eigenvalue weighted by molar-refractivity contribution is 0.160. The highest BCUT2D eigenvalue weighted by Gasteiger charge is 2.42. The second-order valence-electron chi connectivity index (χ2n) is 8.02. The van der Waals surface area contributed by atoms with Gasteiger partial charge in [-0.2, -0.15) is 4.98 Å². The average molecular weight is 383 g/mol. The summed E-state index contributed by atoms with van der Waals surface area (Å²) in [5.74, 6) is 1.15. The first-order valence-corrected chi connectivity index (χ1v) is 10.3. The van der Waals surface area contributed by atoms with Crippen LogP contribution in [0.15, 0.2) is 28.8 Å². The van der Waals surface area contributed by atoms with Crippen LogP contribution in [-0.2, 0) is 6.42 Å². The molecule has 0 spiro atoms. The third-order valence-corrected chi connectivity index (χ3v) is 6.29. The fraction of sp³-hybridized carbons (Fsp3) is 0.571. The Morgan fingerprint density at radius 1 is 1.29 bits per heavy atom. The maximum Gasteiger partial charge on any atom is 0.319 e. The van der Waals surface area contributed by atoms with Gasteiger partial charge in [0.15, 0.2) is 5.82 Å². The van der Waals surface area contributed by atoms with E-state index in [4.69, 9.17) is 10.3 Å². The van der Waals surface area contributed by atoms with E-state index >= 15 is 0 Å². The summed E-state index contributed by atoms with van der Waals surface area (Å²) < 4.78 is 5.53. The van der Waals surface area contributed by atoms with E-state index in [9.17, 15) is 4.79 Å². The Bertz CT molecular complexity index is 822. The van der Waals surface area contributed by atoms with Gasteiger partial charge in [-0.3, -0.25) is 4.90 Å². The minimum absolute atomic E-state index is 0.0924. The van der Waals surface area contributed by atoms with Crippen LogP contribution in [0.2, 0.25) is 0 Å². The normalized spacial score (nSPS) is 24.4. The molecule has 2 bridgehead atoms. The molecule has 2 N–H and O–H groups in total. The molecule has 7 nitrogen and oxygen atoms in total. The van der Waals surface area contributed by atoms with Crippen molar-refractivity contribution in [1.82, 2.24) is 15.0 Å². The fourth-order valence-corrected chi connectivity index (χ4v) is 4.75. The molecule has 2 aromatic rings. The summed E-state index contributed by atoms with van der Waals surface area (Å²) in [6, 6.07) is 8.40. The molecular formula is C21H29N5O2. The van der Waals surface area contributed by atoms with Crippen LogP contribution in [0.3, 0.4) is 0 Å². The predicted octanol–water partition coefficient (Wildman–Crippen LogP) is 3.59. The van der Waals surface area contributed by atoms with Gasteiger partial charge in [0.2, 0.25) is 0 Å². The quantitative estimate of drug-likeness (QED) is 0.823. The first kappa shape index (κ1) is 18.9. The summed E-state index contributed by atoms with van der Waals surface area (Å²) in [6.07, 6.45) is 7.15. The summed E-state index contributed by atoms with van der Waals surface area (Å²) in [7, 11) is 2.19. The number of hydrogen-bond acceptors (Lipinski definition) is 5. The minimum atomic E-state index is -0.424. The number of fused-ring (bicyclic) bond motifs is 2. The molecule has 2 fully saturated rings. The molecule has 3 atom stereocenters. The van der Waals surface area contributed by atoms with E-state index in [1.807, 2.05) is 24.3 Å². The van der Waals surface area contributed by atoms with Gasteiger partial charge in [-0.05, 0) is 51.3 Å². The number of nitrogens with two attached hydrogens (primary N) is 1. The second kappa shape index (κ2) is 7.91. The summed E-state index contributed by atoms with van der Waals surface area (Å²) in [5, 5.41) is 4.10. The number of amides is 2. The van der Waals surface area contributed by atoms with Crippen LogP contribution in [-0.4, -0.2) is 46.2 Å². The predicted molar refractivity (Wildman–Crippen MR) is 108 cm³/mol. The van der Waals surface area contributed by atoms with E-state index < -0.39 is 6.03 Å². The topological polar surface area (TPSA) is 88.5 Å². The van der Waals surface area contributed by atoms with Crippen molar-refractivity contribution in [2.45, 2.75) is 70.0 Å². The smallest absolute Gasteiger partial charge is 0.319 e. The lowest BCUT2D eigenvalue weighted by Gasteiger charge is -2.41. The Morgan fingerprint density at radius 2 is 2.00 bits per heavy atom.